The first-order chi connectivity index (χ1) is 9.81. The number of carbonyl (C=O) groups excluding carboxylic acids is 1. The summed E-state index contributed by atoms with van der Waals surface area (Å²) in [5, 5.41) is 6.40. The molecule has 0 aromatic heterocycles. The Kier molecular flexibility index (Phi) is 5.87. The quantitative estimate of drug-likeness (QED) is 0.717. The summed E-state index contributed by atoms with van der Waals surface area (Å²) in [6.07, 6.45) is 2.34. The van der Waals surface area contributed by atoms with E-state index in [4.69, 9.17) is 4.74 Å². The number of carbonyl (C=O) groups is 1. The minimum Gasteiger partial charge on any atom is -0.384 e. The second-order valence-corrected chi connectivity index (χ2v) is 5.10. The van der Waals surface area contributed by atoms with Crippen molar-refractivity contribution < 1.29 is 9.53 Å². The Morgan fingerprint density at radius 1 is 1.45 bits per heavy atom. The molecule has 0 radical (unpaired) electrons. The van der Waals surface area contributed by atoms with Gasteiger partial charge in [0.15, 0.2) is 0 Å². The van der Waals surface area contributed by atoms with Crippen molar-refractivity contribution in [2.24, 2.45) is 0 Å². The first-order valence-corrected chi connectivity index (χ1v) is 7.48. The molecule has 110 valence electrons. The molecule has 0 fully saturated rings. The highest BCUT2D eigenvalue weighted by molar-refractivity contribution is 5.75. The molecule has 1 atom stereocenters. The van der Waals surface area contributed by atoms with E-state index in [2.05, 4.69) is 28.8 Å². The van der Waals surface area contributed by atoms with Crippen molar-refractivity contribution in [1.82, 2.24) is 5.32 Å². The molecule has 4 nitrogen and oxygen atoms in total. The van der Waals surface area contributed by atoms with E-state index in [0.717, 1.165) is 32.5 Å². The molecule has 1 amide bonds. The van der Waals surface area contributed by atoms with E-state index in [0.29, 0.717) is 18.9 Å². The molecule has 0 saturated heterocycles. The lowest BCUT2D eigenvalue weighted by molar-refractivity contribution is -0.121. The minimum absolute atomic E-state index is 0.129. The molecule has 1 aromatic carbocycles. The van der Waals surface area contributed by atoms with Crippen LogP contribution in [0.2, 0.25) is 0 Å². The van der Waals surface area contributed by atoms with Crippen molar-refractivity contribution in [2.75, 3.05) is 31.6 Å². The fraction of sp³-hybridized carbons (Fsp3) is 0.562. The lowest BCUT2D eigenvalue weighted by atomic mass is 9.98. The Morgan fingerprint density at radius 3 is 3.15 bits per heavy atom. The number of amides is 1. The zero-order valence-electron chi connectivity index (χ0n) is 12.2. The number of rotatable bonds is 8. The highest BCUT2D eigenvalue weighted by Gasteiger charge is 2.20. The lowest BCUT2D eigenvalue weighted by Gasteiger charge is -2.11. The van der Waals surface area contributed by atoms with Crippen LogP contribution in [0.3, 0.4) is 0 Å². The lowest BCUT2D eigenvalue weighted by Crippen LogP contribution is -2.26. The van der Waals surface area contributed by atoms with Crippen LogP contribution in [0.1, 0.15) is 37.7 Å². The second kappa shape index (κ2) is 7.90. The topological polar surface area (TPSA) is 50.4 Å². The Hall–Kier alpha value is -1.55. The number of ether oxygens (including phenoxy) is 1. The molecule has 0 aliphatic carbocycles. The fourth-order valence-corrected chi connectivity index (χ4v) is 2.57. The monoisotopic (exact) mass is 276 g/mol. The molecular formula is C16H24N2O2. The number of hydrogen-bond acceptors (Lipinski definition) is 3. The van der Waals surface area contributed by atoms with E-state index in [1.807, 2.05) is 13.0 Å². The van der Waals surface area contributed by atoms with Gasteiger partial charge in [-0.15, -0.1) is 0 Å². The predicted octanol–water partition coefficient (Wildman–Crippen LogP) is 2.52. The Morgan fingerprint density at radius 2 is 2.30 bits per heavy atom. The summed E-state index contributed by atoms with van der Waals surface area (Å²) in [7, 11) is 0. The molecule has 0 bridgehead atoms. The van der Waals surface area contributed by atoms with E-state index >= 15 is 0 Å². The van der Waals surface area contributed by atoms with E-state index < -0.39 is 0 Å². The largest absolute Gasteiger partial charge is 0.384 e. The molecule has 1 aliphatic rings. The van der Waals surface area contributed by atoms with Crippen molar-refractivity contribution in [1.29, 1.82) is 0 Å². The maximum atomic E-state index is 11.6. The van der Waals surface area contributed by atoms with Gasteiger partial charge in [0.05, 0.1) is 0 Å². The Balaban J connectivity index is 1.63. The summed E-state index contributed by atoms with van der Waals surface area (Å²) in [4.78, 5) is 11.6. The van der Waals surface area contributed by atoms with Gasteiger partial charge in [-0.2, -0.15) is 0 Å². The van der Waals surface area contributed by atoms with Crippen molar-refractivity contribution in [3.8, 4) is 0 Å². The highest BCUT2D eigenvalue weighted by Crippen LogP contribution is 2.32. The first kappa shape index (κ1) is 14.9. The van der Waals surface area contributed by atoms with Gasteiger partial charge in [0, 0.05) is 44.3 Å². The van der Waals surface area contributed by atoms with Crippen LogP contribution in [-0.4, -0.2) is 32.2 Å². The number of anilines is 1. The van der Waals surface area contributed by atoms with Crippen molar-refractivity contribution in [2.45, 2.75) is 32.1 Å². The molecule has 1 aromatic rings. The van der Waals surface area contributed by atoms with E-state index in [9.17, 15) is 4.79 Å². The van der Waals surface area contributed by atoms with Gasteiger partial charge >= 0.3 is 0 Å². The van der Waals surface area contributed by atoms with Gasteiger partial charge in [-0.3, -0.25) is 4.79 Å². The SMILES string of the molecule is CCOCCCC(=O)NCCC1CNc2ccccc21. The fourth-order valence-electron chi connectivity index (χ4n) is 2.57. The summed E-state index contributed by atoms with van der Waals surface area (Å²) < 4.78 is 5.22. The van der Waals surface area contributed by atoms with Crippen molar-refractivity contribution >= 4 is 11.6 Å². The highest BCUT2D eigenvalue weighted by atomic mass is 16.5. The van der Waals surface area contributed by atoms with Crippen LogP contribution in [0.4, 0.5) is 5.69 Å². The Bertz CT molecular complexity index is 434. The smallest absolute Gasteiger partial charge is 0.220 e. The Labute approximate surface area is 120 Å². The third kappa shape index (κ3) is 4.23. The van der Waals surface area contributed by atoms with Gasteiger partial charge in [-0.25, -0.2) is 0 Å². The molecule has 0 spiro atoms. The molecule has 4 heteroatoms. The normalized spacial score (nSPS) is 16.6. The number of para-hydroxylation sites is 1. The van der Waals surface area contributed by atoms with Gasteiger partial charge in [0.2, 0.25) is 5.91 Å². The maximum Gasteiger partial charge on any atom is 0.220 e. The molecule has 1 unspecified atom stereocenters. The summed E-state index contributed by atoms with van der Waals surface area (Å²) in [5.74, 6) is 0.638. The van der Waals surface area contributed by atoms with Crippen molar-refractivity contribution in [3.63, 3.8) is 0 Å². The molecule has 20 heavy (non-hydrogen) atoms. The number of benzene rings is 1. The average molecular weight is 276 g/mol. The number of hydrogen-bond donors (Lipinski definition) is 2. The van der Waals surface area contributed by atoms with Gasteiger partial charge in [0.1, 0.15) is 0 Å². The van der Waals surface area contributed by atoms with E-state index in [1.54, 1.807) is 0 Å². The van der Waals surface area contributed by atoms with Crippen molar-refractivity contribution in [3.05, 3.63) is 29.8 Å². The van der Waals surface area contributed by atoms with Crippen LogP contribution in [-0.2, 0) is 9.53 Å². The minimum atomic E-state index is 0.129. The number of fused-ring (bicyclic) bond motifs is 1. The van der Waals surface area contributed by atoms with Gasteiger partial charge in [0.25, 0.3) is 0 Å². The van der Waals surface area contributed by atoms with E-state index in [-0.39, 0.29) is 5.91 Å². The zero-order chi connectivity index (χ0) is 14.2. The van der Waals surface area contributed by atoms with Gasteiger partial charge in [-0.1, -0.05) is 18.2 Å². The van der Waals surface area contributed by atoms with Crippen LogP contribution < -0.4 is 10.6 Å². The second-order valence-electron chi connectivity index (χ2n) is 5.10. The van der Waals surface area contributed by atoms with Gasteiger partial charge < -0.3 is 15.4 Å². The van der Waals surface area contributed by atoms with Crippen LogP contribution in [0.5, 0.6) is 0 Å². The number of nitrogens with one attached hydrogen (secondary N) is 2. The summed E-state index contributed by atoms with van der Waals surface area (Å²) in [5.41, 5.74) is 2.61. The van der Waals surface area contributed by atoms with E-state index in [1.165, 1.54) is 11.3 Å². The van der Waals surface area contributed by atoms with Gasteiger partial charge in [-0.05, 0) is 31.4 Å². The maximum absolute atomic E-state index is 11.6. The molecule has 0 saturated carbocycles. The third-order valence-electron chi connectivity index (χ3n) is 3.65. The van der Waals surface area contributed by atoms with Crippen LogP contribution >= 0.6 is 0 Å². The molecule has 2 N–H and O–H groups in total. The summed E-state index contributed by atoms with van der Waals surface area (Å²) in [6.45, 7) is 5.07. The summed E-state index contributed by atoms with van der Waals surface area (Å²) in [6, 6.07) is 8.41. The third-order valence-corrected chi connectivity index (χ3v) is 3.65. The molecule has 1 aliphatic heterocycles. The van der Waals surface area contributed by atoms with Crippen LogP contribution in [0, 0.1) is 0 Å². The molecule has 2 rings (SSSR count). The molecule has 1 heterocycles. The predicted molar refractivity (Wildman–Crippen MR) is 81.0 cm³/mol. The molecular weight excluding hydrogens is 252 g/mol. The standard InChI is InChI=1S/C16H24N2O2/c1-2-20-11-5-8-16(19)17-10-9-13-12-18-15-7-4-3-6-14(13)15/h3-4,6-7,13,18H,2,5,8-12H2,1H3,(H,17,19). The van der Waals surface area contributed by atoms with Crippen LogP contribution in [0.25, 0.3) is 0 Å². The average Bonchev–Trinajstić information content (AvgIpc) is 2.87. The first-order valence-electron chi connectivity index (χ1n) is 7.48. The summed E-state index contributed by atoms with van der Waals surface area (Å²) >= 11 is 0. The van der Waals surface area contributed by atoms with Crippen LogP contribution in [0.15, 0.2) is 24.3 Å². The zero-order valence-corrected chi connectivity index (χ0v) is 12.2.